The molecule has 7 heteroatoms. The lowest BCUT2D eigenvalue weighted by molar-refractivity contribution is -0.116. The number of hydrogen-bond donors (Lipinski definition) is 2. The Morgan fingerprint density at radius 2 is 1.41 bits per heavy atom. The van der Waals surface area contributed by atoms with Crippen molar-refractivity contribution in [2.75, 3.05) is 11.9 Å². The zero-order valence-corrected chi connectivity index (χ0v) is 18.8. The smallest absolute Gasteiger partial charge is 0.261 e. The standard InChI is InChI=1S/C27H25N3O4/c1-18(19-10-3-2-4-11-19)28-25(32)22-14-7-8-15-23(22)29-24(31)16-9-17-30-26(33)20-12-5-6-13-21(20)27(30)34/h2-8,10-15,18H,9,16-17H2,1H3,(H,28,32)(H,29,31). The van der Waals surface area contributed by atoms with Crippen molar-refractivity contribution in [1.29, 1.82) is 0 Å². The Morgan fingerprint density at radius 3 is 2.09 bits per heavy atom. The number of nitrogens with one attached hydrogen (secondary N) is 2. The molecule has 0 aromatic heterocycles. The Labute approximate surface area is 197 Å². The number of fused-ring (bicyclic) bond motifs is 1. The van der Waals surface area contributed by atoms with Crippen molar-refractivity contribution in [3.8, 4) is 0 Å². The minimum Gasteiger partial charge on any atom is -0.345 e. The molecule has 1 aliphatic rings. The maximum atomic E-state index is 12.9. The number of carbonyl (C=O) groups is 4. The topological polar surface area (TPSA) is 95.6 Å². The first-order valence-electron chi connectivity index (χ1n) is 11.2. The van der Waals surface area contributed by atoms with E-state index in [0.717, 1.165) is 5.56 Å². The van der Waals surface area contributed by atoms with Gasteiger partial charge in [0.2, 0.25) is 5.91 Å². The summed E-state index contributed by atoms with van der Waals surface area (Å²) in [6, 6.07) is 22.9. The predicted molar refractivity (Wildman–Crippen MR) is 128 cm³/mol. The van der Waals surface area contributed by atoms with Crippen molar-refractivity contribution in [3.63, 3.8) is 0 Å². The number of hydrogen-bond acceptors (Lipinski definition) is 4. The lowest BCUT2D eigenvalue weighted by Crippen LogP contribution is -2.31. The molecule has 0 fully saturated rings. The molecule has 1 heterocycles. The van der Waals surface area contributed by atoms with Gasteiger partial charge >= 0.3 is 0 Å². The van der Waals surface area contributed by atoms with E-state index in [2.05, 4.69) is 10.6 Å². The zero-order chi connectivity index (χ0) is 24.1. The Kier molecular flexibility index (Phi) is 6.82. The van der Waals surface area contributed by atoms with Crippen molar-refractivity contribution in [1.82, 2.24) is 10.2 Å². The highest BCUT2D eigenvalue weighted by atomic mass is 16.2. The molecular weight excluding hydrogens is 430 g/mol. The zero-order valence-electron chi connectivity index (χ0n) is 18.8. The van der Waals surface area contributed by atoms with Crippen LogP contribution in [0, 0.1) is 0 Å². The molecule has 1 atom stereocenters. The number of nitrogens with zero attached hydrogens (tertiary/aromatic N) is 1. The number of imide groups is 1. The fraction of sp³-hybridized carbons (Fsp3) is 0.185. The van der Waals surface area contributed by atoms with Gasteiger partial charge in [-0.2, -0.15) is 0 Å². The van der Waals surface area contributed by atoms with E-state index in [1.807, 2.05) is 37.3 Å². The first kappa shape index (κ1) is 22.9. The Balaban J connectivity index is 1.33. The summed E-state index contributed by atoms with van der Waals surface area (Å²) in [6.07, 6.45) is 0.417. The van der Waals surface area contributed by atoms with Gasteiger partial charge in [-0.3, -0.25) is 24.1 Å². The quantitative estimate of drug-likeness (QED) is 0.498. The van der Waals surface area contributed by atoms with Gasteiger partial charge in [0.25, 0.3) is 17.7 Å². The third-order valence-electron chi connectivity index (χ3n) is 5.76. The highest BCUT2D eigenvalue weighted by Crippen LogP contribution is 2.23. The van der Waals surface area contributed by atoms with Crippen molar-refractivity contribution in [2.24, 2.45) is 0 Å². The highest BCUT2D eigenvalue weighted by Gasteiger charge is 2.34. The van der Waals surface area contributed by atoms with Crippen LogP contribution in [0.15, 0.2) is 78.9 Å². The molecule has 34 heavy (non-hydrogen) atoms. The summed E-state index contributed by atoms with van der Waals surface area (Å²) in [6.45, 7) is 2.05. The van der Waals surface area contributed by atoms with E-state index < -0.39 is 0 Å². The summed E-state index contributed by atoms with van der Waals surface area (Å²) in [4.78, 5) is 51.5. The molecule has 172 valence electrons. The van der Waals surface area contributed by atoms with Crippen molar-refractivity contribution in [2.45, 2.75) is 25.8 Å². The molecule has 4 amide bonds. The fourth-order valence-corrected chi connectivity index (χ4v) is 3.94. The van der Waals surface area contributed by atoms with Gasteiger partial charge < -0.3 is 10.6 Å². The molecule has 0 aliphatic carbocycles. The SMILES string of the molecule is CC(NC(=O)c1ccccc1NC(=O)CCCN1C(=O)c2ccccc2C1=O)c1ccccc1. The van der Waals surface area contributed by atoms with Gasteiger partial charge in [-0.1, -0.05) is 54.6 Å². The van der Waals surface area contributed by atoms with Crippen LogP contribution in [0.25, 0.3) is 0 Å². The molecule has 0 radical (unpaired) electrons. The summed E-state index contributed by atoms with van der Waals surface area (Å²) < 4.78 is 0. The van der Waals surface area contributed by atoms with E-state index in [-0.39, 0.29) is 42.6 Å². The molecule has 3 aromatic rings. The maximum Gasteiger partial charge on any atom is 0.261 e. The second-order valence-electron chi connectivity index (χ2n) is 8.11. The van der Waals surface area contributed by atoms with Gasteiger partial charge in [-0.15, -0.1) is 0 Å². The maximum absolute atomic E-state index is 12.9. The number of benzene rings is 3. The normalized spacial score (nSPS) is 13.4. The van der Waals surface area contributed by atoms with Crippen molar-refractivity contribution in [3.05, 3.63) is 101 Å². The van der Waals surface area contributed by atoms with Crippen LogP contribution in [0.1, 0.15) is 62.4 Å². The van der Waals surface area contributed by atoms with E-state index in [9.17, 15) is 19.2 Å². The van der Waals surface area contributed by atoms with E-state index in [1.165, 1.54) is 4.90 Å². The number of rotatable bonds is 8. The summed E-state index contributed by atoms with van der Waals surface area (Å²) >= 11 is 0. The van der Waals surface area contributed by atoms with Gasteiger partial charge in [-0.05, 0) is 43.2 Å². The van der Waals surface area contributed by atoms with Crippen molar-refractivity contribution >= 4 is 29.3 Å². The number of anilines is 1. The summed E-state index contributed by atoms with van der Waals surface area (Å²) in [5, 5.41) is 5.73. The molecule has 3 aromatic carbocycles. The van der Waals surface area contributed by atoms with Gasteiger partial charge in [0.1, 0.15) is 0 Å². The summed E-state index contributed by atoms with van der Waals surface area (Å²) in [5.74, 6) is -1.27. The number of carbonyl (C=O) groups excluding carboxylic acids is 4. The monoisotopic (exact) mass is 455 g/mol. The Hall–Kier alpha value is -4.26. The molecule has 1 unspecified atom stereocenters. The molecular formula is C27H25N3O4. The van der Waals surface area contributed by atoms with Crippen LogP contribution < -0.4 is 10.6 Å². The van der Waals surface area contributed by atoms with Gasteiger partial charge in [0.15, 0.2) is 0 Å². The highest BCUT2D eigenvalue weighted by molar-refractivity contribution is 6.21. The molecule has 1 aliphatic heterocycles. The largest absolute Gasteiger partial charge is 0.345 e. The molecule has 0 spiro atoms. The average Bonchev–Trinajstić information content (AvgIpc) is 3.10. The Morgan fingerprint density at radius 1 is 0.824 bits per heavy atom. The molecule has 2 N–H and O–H groups in total. The first-order chi connectivity index (χ1) is 16.5. The third kappa shape index (κ3) is 4.88. The predicted octanol–water partition coefficient (Wildman–Crippen LogP) is 4.19. The van der Waals surface area contributed by atoms with Crippen LogP contribution >= 0.6 is 0 Å². The molecule has 7 nitrogen and oxygen atoms in total. The Bertz CT molecular complexity index is 1200. The van der Waals surface area contributed by atoms with E-state index in [4.69, 9.17) is 0 Å². The molecule has 0 saturated heterocycles. The van der Waals surface area contributed by atoms with E-state index >= 15 is 0 Å². The van der Waals surface area contributed by atoms with Crippen LogP contribution in [0.5, 0.6) is 0 Å². The summed E-state index contributed by atoms with van der Waals surface area (Å²) in [5.41, 5.74) is 2.53. The van der Waals surface area contributed by atoms with Crippen LogP contribution in [-0.2, 0) is 4.79 Å². The van der Waals surface area contributed by atoms with Gasteiger partial charge in [0, 0.05) is 13.0 Å². The van der Waals surface area contributed by atoms with E-state index in [0.29, 0.717) is 28.8 Å². The summed E-state index contributed by atoms with van der Waals surface area (Å²) in [7, 11) is 0. The molecule has 0 saturated carbocycles. The van der Waals surface area contributed by atoms with Crippen LogP contribution in [0.4, 0.5) is 5.69 Å². The van der Waals surface area contributed by atoms with Crippen LogP contribution in [-0.4, -0.2) is 35.1 Å². The van der Waals surface area contributed by atoms with Crippen molar-refractivity contribution < 1.29 is 19.2 Å². The minimum atomic E-state index is -0.337. The number of amides is 4. The minimum absolute atomic E-state index is 0.101. The van der Waals surface area contributed by atoms with Crippen LogP contribution in [0.2, 0.25) is 0 Å². The lowest BCUT2D eigenvalue weighted by Gasteiger charge is -2.17. The number of para-hydroxylation sites is 1. The van der Waals surface area contributed by atoms with Gasteiger partial charge in [-0.25, -0.2) is 0 Å². The third-order valence-corrected chi connectivity index (χ3v) is 5.76. The van der Waals surface area contributed by atoms with Gasteiger partial charge in [0.05, 0.1) is 28.4 Å². The molecule has 0 bridgehead atoms. The molecule has 4 rings (SSSR count). The first-order valence-corrected chi connectivity index (χ1v) is 11.2. The van der Waals surface area contributed by atoms with Crippen LogP contribution in [0.3, 0.4) is 0 Å². The average molecular weight is 456 g/mol. The van der Waals surface area contributed by atoms with E-state index in [1.54, 1.807) is 48.5 Å². The fourth-order valence-electron chi connectivity index (χ4n) is 3.94. The second-order valence-corrected chi connectivity index (χ2v) is 8.11. The second kappa shape index (κ2) is 10.1. The lowest BCUT2D eigenvalue weighted by atomic mass is 10.1.